The van der Waals surface area contributed by atoms with Crippen molar-refractivity contribution < 1.29 is 58.6 Å². The van der Waals surface area contributed by atoms with E-state index in [1.54, 1.807) is 0 Å². The number of aliphatic hydroxyl groups excluding tert-OH is 4. The third kappa shape index (κ3) is 9.83. The lowest BCUT2D eigenvalue weighted by molar-refractivity contribution is -0.277. The summed E-state index contributed by atoms with van der Waals surface area (Å²) in [4.78, 5) is 60.3. The summed E-state index contributed by atoms with van der Waals surface area (Å²) in [5.74, 6) is -1.96. The maximum atomic E-state index is 12.7. The van der Waals surface area contributed by atoms with Crippen LogP contribution in [0.3, 0.4) is 0 Å². The van der Waals surface area contributed by atoms with Crippen molar-refractivity contribution in [3.8, 4) is 5.75 Å². The molecule has 0 aliphatic carbocycles. The van der Waals surface area contributed by atoms with Crippen LogP contribution in [0.25, 0.3) is 0 Å². The van der Waals surface area contributed by atoms with Crippen molar-refractivity contribution in [2.75, 3.05) is 25.0 Å². The Morgan fingerprint density at radius 3 is 2.35 bits per heavy atom. The molecule has 5 atom stereocenters. The molecule has 3 rings (SSSR count). The summed E-state index contributed by atoms with van der Waals surface area (Å²) in [6.07, 6.45) is -3.36. The third-order valence-electron chi connectivity index (χ3n) is 6.71. The molecule has 0 radical (unpaired) electrons. The topological polar surface area (TPSA) is 221 Å². The first kappa shape index (κ1) is 33.6. The molecule has 2 aliphatic heterocycles. The maximum Gasteiger partial charge on any atom is 0.302 e. The molecule has 1 saturated heterocycles. The van der Waals surface area contributed by atoms with Gasteiger partial charge < -0.3 is 45.3 Å². The number of rotatable bonds is 15. The number of esters is 1. The molecule has 1 unspecified atom stereocenters. The molecule has 236 valence electrons. The van der Waals surface area contributed by atoms with Crippen molar-refractivity contribution in [3.63, 3.8) is 0 Å². The predicted molar refractivity (Wildman–Crippen MR) is 147 cm³/mol. The van der Waals surface area contributed by atoms with Gasteiger partial charge in [0.1, 0.15) is 36.8 Å². The number of hydrogen-bond acceptors (Lipinski definition) is 12. The zero-order valence-corrected chi connectivity index (χ0v) is 23.6. The Balaban J connectivity index is 1.50. The standard InChI is InChI=1S/C28H37N3O12/c1-16(33)41-15-17-6-7-19(42-28-27(40)26(39)25(38)20(14-32)43-28)18(13-17)30-22(35)10-11-29-21(34)5-3-2-4-12-31-23(36)8-9-24(31)37/h6-9,13,20,25-28,32,38-40H,2-5,10-12,14-15H2,1H3,(H,29,34)(H,30,35)/t20-,25+,26+,27?,28-/m1/s1. The summed E-state index contributed by atoms with van der Waals surface area (Å²) in [5, 5.41) is 45.1. The van der Waals surface area contributed by atoms with Crippen LogP contribution in [-0.4, -0.2) is 105 Å². The molecule has 2 aliphatic rings. The number of benzene rings is 1. The minimum Gasteiger partial charge on any atom is -0.461 e. The van der Waals surface area contributed by atoms with E-state index < -0.39 is 49.2 Å². The molecular weight excluding hydrogens is 570 g/mol. The Hall–Kier alpha value is -3.89. The van der Waals surface area contributed by atoms with Crippen LogP contribution in [0.15, 0.2) is 30.4 Å². The highest BCUT2D eigenvalue weighted by molar-refractivity contribution is 6.12. The van der Waals surface area contributed by atoms with Crippen LogP contribution in [0.4, 0.5) is 5.69 Å². The van der Waals surface area contributed by atoms with Crippen molar-refractivity contribution in [1.29, 1.82) is 0 Å². The molecule has 0 spiro atoms. The van der Waals surface area contributed by atoms with Crippen LogP contribution in [0.5, 0.6) is 5.75 Å². The lowest BCUT2D eigenvalue weighted by atomic mass is 9.99. The Bertz CT molecular complexity index is 1190. The van der Waals surface area contributed by atoms with Crippen molar-refractivity contribution in [2.45, 2.75) is 76.3 Å². The molecule has 1 fully saturated rings. The molecule has 2 heterocycles. The van der Waals surface area contributed by atoms with Gasteiger partial charge in [-0.15, -0.1) is 0 Å². The van der Waals surface area contributed by atoms with Gasteiger partial charge >= 0.3 is 5.97 Å². The third-order valence-corrected chi connectivity index (χ3v) is 6.71. The molecule has 0 saturated carbocycles. The highest BCUT2D eigenvalue weighted by atomic mass is 16.7. The number of unbranched alkanes of at least 4 members (excludes halogenated alkanes) is 2. The van der Waals surface area contributed by atoms with Gasteiger partial charge in [-0.05, 0) is 30.5 Å². The Morgan fingerprint density at radius 2 is 1.67 bits per heavy atom. The smallest absolute Gasteiger partial charge is 0.302 e. The first-order chi connectivity index (χ1) is 20.5. The largest absolute Gasteiger partial charge is 0.461 e. The number of hydrogen-bond donors (Lipinski definition) is 6. The van der Waals surface area contributed by atoms with E-state index in [1.807, 2.05) is 0 Å². The number of carbonyl (C=O) groups excluding carboxylic acids is 5. The van der Waals surface area contributed by atoms with Gasteiger partial charge in [0.15, 0.2) is 0 Å². The fraction of sp³-hybridized carbons (Fsp3) is 0.536. The quantitative estimate of drug-likeness (QED) is 0.0791. The number of anilines is 1. The molecule has 1 aromatic rings. The summed E-state index contributed by atoms with van der Waals surface area (Å²) >= 11 is 0. The van der Waals surface area contributed by atoms with Gasteiger partial charge in [-0.2, -0.15) is 0 Å². The van der Waals surface area contributed by atoms with Gasteiger partial charge in [-0.3, -0.25) is 28.9 Å². The monoisotopic (exact) mass is 607 g/mol. The van der Waals surface area contributed by atoms with Gasteiger partial charge in [0.2, 0.25) is 18.1 Å². The number of carbonyl (C=O) groups is 5. The Labute approximate surface area is 247 Å². The Morgan fingerprint density at radius 1 is 0.953 bits per heavy atom. The van der Waals surface area contributed by atoms with E-state index in [2.05, 4.69) is 10.6 Å². The molecule has 15 nitrogen and oxygen atoms in total. The second-order valence-electron chi connectivity index (χ2n) is 10.0. The van der Waals surface area contributed by atoms with E-state index >= 15 is 0 Å². The second-order valence-corrected chi connectivity index (χ2v) is 10.0. The number of amides is 4. The van der Waals surface area contributed by atoms with Crippen LogP contribution in [0.2, 0.25) is 0 Å². The van der Waals surface area contributed by atoms with E-state index in [0.29, 0.717) is 24.8 Å². The SMILES string of the molecule is CC(=O)OCc1ccc(O[C@@H]2O[C@H](CO)[C@H](O)[C@H](O)C2O)c(NC(=O)CCNC(=O)CCCCCN2C(=O)C=CC2=O)c1. The van der Waals surface area contributed by atoms with Gasteiger partial charge in [-0.25, -0.2) is 0 Å². The molecule has 1 aromatic carbocycles. The Kier molecular flexibility index (Phi) is 12.6. The van der Waals surface area contributed by atoms with E-state index in [0.717, 1.165) is 4.90 Å². The van der Waals surface area contributed by atoms with Crippen molar-refractivity contribution in [3.05, 3.63) is 35.9 Å². The first-order valence-electron chi connectivity index (χ1n) is 13.8. The average Bonchev–Trinajstić information content (AvgIpc) is 3.29. The van der Waals surface area contributed by atoms with Crippen molar-refractivity contribution in [2.24, 2.45) is 0 Å². The molecule has 4 amide bonds. The summed E-state index contributed by atoms with van der Waals surface area (Å²) in [6.45, 7) is 0.805. The summed E-state index contributed by atoms with van der Waals surface area (Å²) < 4.78 is 16.1. The molecule has 0 bridgehead atoms. The molecular formula is C28H37N3O12. The summed E-state index contributed by atoms with van der Waals surface area (Å²) in [6, 6.07) is 4.43. The number of nitrogens with one attached hydrogen (secondary N) is 2. The number of aliphatic hydroxyl groups is 4. The van der Waals surface area contributed by atoms with E-state index in [9.17, 15) is 44.4 Å². The average molecular weight is 608 g/mol. The zero-order valence-electron chi connectivity index (χ0n) is 23.6. The van der Waals surface area contributed by atoms with Gasteiger partial charge in [0.25, 0.3) is 11.8 Å². The van der Waals surface area contributed by atoms with E-state index in [4.69, 9.17) is 14.2 Å². The maximum absolute atomic E-state index is 12.7. The van der Waals surface area contributed by atoms with E-state index in [1.165, 1.54) is 37.3 Å². The fourth-order valence-electron chi connectivity index (χ4n) is 4.34. The molecule has 6 N–H and O–H groups in total. The molecule has 43 heavy (non-hydrogen) atoms. The summed E-state index contributed by atoms with van der Waals surface area (Å²) in [7, 11) is 0. The van der Waals surface area contributed by atoms with Crippen LogP contribution in [0, 0.1) is 0 Å². The van der Waals surface area contributed by atoms with Gasteiger partial charge in [0, 0.05) is 45.0 Å². The first-order valence-corrected chi connectivity index (χ1v) is 13.8. The van der Waals surface area contributed by atoms with Crippen molar-refractivity contribution in [1.82, 2.24) is 10.2 Å². The summed E-state index contributed by atoms with van der Waals surface area (Å²) in [5.41, 5.74) is 0.609. The van der Waals surface area contributed by atoms with Crippen LogP contribution < -0.4 is 15.4 Å². The van der Waals surface area contributed by atoms with Gasteiger partial charge in [0.05, 0.1) is 12.3 Å². The predicted octanol–water partition coefficient (Wildman–Crippen LogP) is -1.14. The highest BCUT2D eigenvalue weighted by Gasteiger charge is 2.45. The van der Waals surface area contributed by atoms with Crippen LogP contribution in [0.1, 0.15) is 44.6 Å². The van der Waals surface area contributed by atoms with Crippen molar-refractivity contribution >= 4 is 35.3 Å². The number of imide groups is 1. The minimum atomic E-state index is -1.68. The van der Waals surface area contributed by atoms with Gasteiger partial charge in [-0.1, -0.05) is 12.5 Å². The molecule has 15 heteroatoms. The number of ether oxygens (including phenoxy) is 3. The lowest BCUT2D eigenvalue weighted by Crippen LogP contribution is -2.60. The fourth-order valence-corrected chi connectivity index (χ4v) is 4.34. The molecule has 0 aromatic heterocycles. The highest BCUT2D eigenvalue weighted by Crippen LogP contribution is 2.31. The van der Waals surface area contributed by atoms with E-state index in [-0.39, 0.29) is 61.7 Å². The minimum absolute atomic E-state index is 0.0152. The van der Waals surface area contributed by atoms with Crippen LogP contribution in [-0.2, 0) is 40.1 Å². The normalized spacial score (nSPS) is 23.3. The van der Waals surface area contributed by atoms with Crippen LogP contribution >= 0.6 is 0 Å². The zero-order chi connectivity index (χ0) is 31.5. The second kappa shape index (κ2) is 16.1. The lowest BCUT2D eigenvalue weighted by Gasteiger charge is -2.39. The number of nitrogens with zero attached hydrogens (tertiary/aromatic N) is 1.